The SMILES string of the molecule is CCC(=O)N[C@@H]1CC[C@@H](CCn2cc(CN(C)C)nn2)O[C@@H]1CO. The van der Waals surface area contributed by atoms with Gasteiger partial charge in [-0.3, -0.25) is 9.48 Å². The molecule has 1 amide bonds. The van der Waals surface area contributed by atoms with Crippen molar-refractivity contribution in [2.24, 2.45) is 0 Å². The molecule has 136 valence electrons. The Kier molecular flexibility index (Phi) is 7.14. The summed E-state index contributed by atoms with van der Waals surface area (Å²) in [7, 11) is 4.00. The zero-order valence-corrected chi connectivity index (χ0v) is 14.8. The molecule has 0 radical (unpaired) electrons. The molecule has 1 fully saturated rings. The second kappa shape index (κ2) is 9.10. The zero-order chi connectivity index (χ0) is 17.5. The standard InChI is InChI=1S/C16H29N5O3/c1-4-16(23)17-14-6-5-13(24-15(14)11-22)7-8-21-10-12(18-19-21)9-20(2)3/h10,13-15,22H,4-9,11H2,1-3H3,(H,17,23)/t13-,14+,15+/m0/s1. The van der Waals surface area contributed by atoms with Crippen LogP contribution in [0.5, 0.6) is 0 Å². The molecule has 2 heterocycles. The van der Waals surface area contributed by atoms with E-state index >= 15 is 0 Å². The molecule has 0 saturated carbocycles. The first-order valence-corrected chi connectivity index (χ1v) is 8.61. The van der Waals surface area contributed by atoms with Gasteiger partial charge in [0.1, 0.15) is 6.10 Å². The normalized spacial score (nSPS) is 24.3. The fourth-order valence-electron chi connectivity index (χ4n) is 2.94. The molecule has 1 aliphatic heterocycles. The van der Waals surface area contributed by atoms with Gasteiger partial charge in [0, 0.05) is 25.7 Å². The van der Waals surface area contributed by atoms with Crippen molar-refractivity contribution in [1.82, 2.24) is 25.2 Å². The number of hydrogen-bond donors (Lipinski definition) is 2. The second-order valence-corrected chi connectivity index (χ2v) is 6.58. The van der Waals surface area contributed by atoms with Gasteiger partial charge in [-0.15, -0.1) is 5.10 Å². The van der Waals surface area contributed by atoms with Gasteiger partial charge in [0.05, 0.1) is 24.4 Å². The largest absolute Gasteiger partial charge is 0.394 e. The molecule has 1 aliphatic rings. The summed E-state index contributed by atoms with van der Waals surface area (Å²) in [5.41, 5.74) is 0.945. The van der Waals surface area contributed by atoms with Crippen LogP contribution in [-0.4, -0.2) is 69.9 Å². The van der Waals surface area contributed by atoms with Crippen molar-refractivity contribution in [3.63, 3.8) is 0 Å². The third-order valence-corrected chi connectivity index (χ3v) is 4.21. The summed E-state index contributed by atoms with van der Waals surface area (Å²) >= 11 is 0. The Morgan fingerprint density at radius 3 is 2.96 bits per heavy atom. The highest BCUT2D eigenvalue weighted by atomic mass is 16.5. The van der Waals surface area contributed by atoms with Gasteiger partial charge in [-0.1, -0.05) is 12.1 Å². The molecule has 1 aromatic heterocycles. The Morgan fingerprint density at radius 2 is 2.29 bits per heavy atom. The second-order valence-electron chi connectivity index (χ2n) is 6.58. The van der Waals surface area contributed by atoms with Crippen LogP contribution in [0.4, 0.5) is 0 Å². The molecular formula is C16H29N5O3. The number of ether oxygens (including phenoxy) is 1. The highest BCUT2D eigenvalue weighted by Crippen LogP contribution is 2.22. The summed E-state index contributed by atoms with van der Waals surface area (Å²) in [5.74, 6) is -0.00321. The molecule has 0 unspecified atom stereocenters. The summed E-state index contributed by atoms with van der Waals surface area (Å²) < 4.78 is 7.79. The molecule has 24 heavy (non-hydrogen) atoms. The lowest BCUT2D eigenvalue weighted by Crippen LogP contribution is -2.50. The van der Waals surface area contributed by atoms with Crippen molar-refractivity contribution in [2.45, 2.75) is 63.9 Å². The van der Waals surface area contributed by atoms with Crippen molar-refractivity contribution in [1.29, 1.82) is 0 Å². The first kappa shape index (κ1) is 18.8. The minimum atomic E-state index is -0.334. The van der Waals surface area contributed by atoms with E-state index in [9.17, 15) is 9.90 Å². The Hall–Kier alpha value is -1.51. The van der Waals surface area contributed by atoms with E-state index in [1.165, 1.54) is 0 Å². The fraction of sp³-hybridized carbons (Fsp3) is 0.812. The van der Waals surface area contributed by atoms with Crippen LogP contribution in [0.3, 0.4) is 0 Å². The predicted molar refractivity (Wildman–Crippen MR) is 89.2 cm³/mol. The van der Waals surface area contributed by atoms with Crippen LogP contribution < -0.4 is 5.32 Å². The average molecular weight is 339 g/mol. The van der Waals surface area contributed by atoms with E-state index in [-0.39, 0.29) is 30.8 Å². The molecule has 0 bridgehead atoms. The van der Waals surface area contributed by atoms with Crippen LogP contribution in [0.15, 0.2) is 6.20 Å². The molecule has 0 aromatic carbocycles. The maximum Gasteiger partial charge on any atom is 0.220 e. The van der Waals surface area contributed by atoms with Crippen molar-refractivity contribution >= 4 is 5.91 Å². The number of aliphatic hydroxyl groups is 1. The topological polar surface area (TPSA) is 92.5 Å². The molecule has 3 atom stereocenters. The van der Waals surface area contributed by atoms with Crippen LogP contribution in [0.25, 0.3) is 0 Å². The fourth-order valence-corrected chi connectivity index (χ4v) is 2.94. The lowest BCUT2D eigenvalue weighted by Gasteiger charge is -2.36. The maximum atomic E-state index is 11.5. The Balaban J connectivity index is 1.80. The third-order valence-electron chi connectivity index (χ3n) is 4.21. The Bertz CT molecular complexity index is 520. The lowest BCUT2D eigenvalue weighted by molar-refractivity contribution is -0.128. The molecule has 1 aromatic rings. The Morgan fingerprint density at radius 1 is 1.50 bits per heavy atom. The van der Waals surface area contributed by atoms with Gasteiger partial charge in [-0.05, 0) is 33.4 Å². The summed E-state index contributed by atoms with van der Waals surface area (Å²) in [6.45, 7) is 3.24. The number of carbonyl (C=O) groups excluding carboxylic acids is 1. The molecule has 0 spiro atoms. The summed E-state index contributed by atoms with van der Waals surface area (Å²) in [4.78, 5) is 13.6. The van der Waals surface area contributed by atoms with E-state index in [1.807, 2.05) is 31.9 Å². The molecule has 1 saturated heterocycles. The smallest absolute Gasteiger partial charge is 0.220 e. The van der Waals surface area contributed by atoms with E-state index in [2.05, 4.69) is 20.5 Å². The number of aryl methyl sites for hydroxylation is 1. The number of aliphatic hydroxyl groups excluding tert-OH is 1. The summed E-state index contributed by atoms with van der Waals surface area (Å²) in [5, 5.41) is 20.7. The number of nitrogens with zero attached hydrogens (tertiary/aromatic N) is 4. The first-order chi connectivity index (χ1) is 11.5. The quantitative estimate of drug-likeness (QED) is 0.701. The minimum Gasteiger partial charge on any atom is -0.394 e. The number of nitrogens with one attached hydrogen (secondary N) is 1. The average Bonchev–Trinajstić information content (AvgIpc) is 3.00. The van der Waals surface area contributed by atoms with Gasteiger partial charge >= 0.3 is 0 Å². The van der Waals surface area contributed by atoms with Gasteiger partial charge in [0.15, 0.2) is 0 Å². The van der Waals surface area contributed by atoms with Crippen molar-refractivity contribution in [2.75, 3.05) is 20.7 Å². The number of hydrogen-bond acceptors (Lipinski definition) is 6. The summed E-state index contributed by atoms with van der Waals surface area (Å²) in [6, 6.07) is -0.100. The van der Waals surface area contributed by atoms with E-state index in [0.717, 1.165) is 38.0 Å². The number of amides is 1. The third kappa shape index (κ3) is 5.54. The van der Waals surface area contributed by atoms with Crippen LogP contribution in [0, 0.1) is 0 Å². The van der Waals surface area contributed by atoms with Crippen molar-refractivity contribution in [3.05, 3.63) is 11.9 Å². The molecule has 2 rings (SSSR count). The minimum absolute atomic E-state index is 0.00321. The molecule has 0 aliphatic carbocycles. The first-order valence-electron chi connectivity index (χ1n) is 8.61. The van der Waals surface area contributed by atoms with Crippen LogP contribution in [0.1, 0.15) is 38.3 Å². The Labute approximate surface area is 143 Å². The van der Waals surface area contributed by atoms with Crippen LogP contribution >= 0.6 is 0 Å². The van der Waals surface area contributed by atoms with Crippen LogP contribution in [0.2, 0.25) is 0 Å². The zero-order valence-electron chi connectivity index (χ0n) is 14.8. The molecular weight excluding hydrogens is 310 g/mol. The van der Waals surface area contributed by atoms with Crippen molar-refractivity contribution in [3.8, 4) is 0 Å². The van der Waals surface area contributed by atoms with Crippen molar-refractivity contribution < 1.29 is 14.6 Å². The maximum absolute atomic E-state index is 11.5. The van der Waals surface area contributed by atoms with Gasteiger partial charge in [0.2, 0.25) is 5.91 Å². The summed E-state index contributed by atoms with van der Waals surface area (Å²) in [6.07, 6.45) is 4.64. The molecule has 8 heteroatoms. The van der Waals surface area contributed by atoms with Gasteiger partial charge < -0.3 is 20.1 Å². The lowest BCUT2D eigenvalue weighted by atomic mass is 9.97. The van der Waals surface area contributed by atoms with E-state index in [4.69, 9.17) is 4.74 Å². The monoisotopic (exact) mass is 339 g/mol. The molecule has 2 N–H and O–H groups in total. The van der Waals surface area contributed by atoms with Gasteiger partial charge in [-0.2, -0.15) is 0 Å². The van der Waals surface area contributed by atoms with E-state index < -0.39 is 0 Å². The number of rotatable bonds is 8. The molecule has 8 nitrogen and oxygen atoms in total. The highest BCUT2D eigenvalue weighted by Gasteiger charge is 2.31. The number of carbonyl (C=O) groups is 1. The predicted octanol–water partition coefficient (Wildman–Crippen LogP) is 0.165. The number of aromatic nitrogens is 3. The highest BCUT2D eigenvalue weighted by molar-refractivity contribution is 5.75. The van der Waals surface area contributed by atoms with Gasteiger partial charge in [-0.25, -0.2) is 0 Å². The van der Waals surface area contributed by atoms with E-state index in [0.29, 0.717) is 6.42 Å². The van der Waals surface area contributed by atoms with Crippen LogP contribution in [-0.2, 0) is 22.6 Å². The van der Waals surface area contributed by atoms with Gasteiger partial charge in [0.25, 0.3) is 0 Å². The van der Waals surface area contributed by atoms with E-state index in [1.54, 1.807) is 0 Å².